The van der Waals surface area contributed by atoms with E-state index in [2.05, 4.69) is 10.6 Å². The summed E-state index contributed by atoms with van der Waals surface area (Å²) in [6, 6.07) is 10.0. The lowest BCUT2D eigenvalue weighted by Crippen LogP contribution is -2.53. The van der Waals surface area contributed by atoms with Crippen molar-refractivity contribution in [2.45, 2.75) is 25.1 Å². The van der Waals surface area contributed by atoms with Crippen molar-refractivity contribution in [1.82, 2.24) is 10.6 Å². The van der Waals surface area contributed by atoms with Crippen LogP contribution in [0.15, 0.2) is 36.4 Å². The highest BCUT2D eigenvalue weighted by atomic mass is 16.5. The minimum Gasteiger partial charge on any atom is -0.493 e. The van der Waals surface area contributed by atoms with Crippen molar-refractivity contribution in [3.63, 3.8) is 0 Å². The Morgan fingerprint density at radius 1 is 1.14 bits per heavy atom. The smallest absolute Gasteiger partial charge is 0.251 e. The van der Waals surface area contributed by atoms with Crippen molar-refractivity contribution >= 4 is 5.91 Å². The fourth-order valence-corrected chi connectivity index (χ4v) is 3.18. The third-order valence-electron chi connectivity index (χ3n) is 4.87. The highest BCUT2D eigenvalue weighted by Crippen LogP contribution is 2.37. The Morgan fingerprint density at radius 2 is 1.83 bits per heavy atom. The molecule has 0 aromatic heterocycles. The van der Waals surface area contributed by atoms with Crippen molar-refractivity contribution in [2.75, 3.05) is 27.3 Å². The fourth-order valence-electron chi connectivity index (χ4n) is 3.18. The van der Waals surface area contributed by atoms with E-state index in [-0.39, 0.29) is 11.9 Å². The fraction of sp³-hybridized carbons (Fsp3) is 0.381. The largest absolute Gasteiger partial charge is 0.493 e. The first-order chi connectivity index (χ1) is 14.0. The van der Waals surface area contributed by atoms with Gasteiger partial charge >= 0.3 is 0 Å². The van der Waals surface area contributed by atoms with Gasteiger partial charge in [-0.2, -0.15) is 0 Å². The van der Waals surface area contributed by atoms with E-state index in [9.17, 15) is 9.90 Å². The molecule has 1 amide bonds. The quantitative estimate of drug-likeness (QED) is 0.554. The number of aliphatic hydroxyl groups excluding tert-OH is 1. The number of ether oxygens (including phenoxy) is 3. The van der Waals surface area contributed by atoms with Crippen LogP contribution in [-0.2, 0) is 6.54 Å². The number of nitrogens with one attached hydrogen (secondary N) is 2. The van der Waals surface area contributed by atoms with Gasteiger partial charge in [0.1, 0.15) is 0 Å². The summed E-state index contributed by atoms with van der Waals surface area (Å²) in [6.07, 6.45) is 0.0416. The van der Waals surface area contributed by atoms with Crippen LogP contribution in [0.4, 0.5) is 0 Å². The van der Waals surface area contributed by atoms with E-state index in [0.29, 0.717) is 48.1 Å². The maximum atomic E-state index is 12.6. The van der Waals surface area contributed by atoms with Gasteiger partial charge in [-0.05, 0) is 48.9 Å². The molecule has 0 bridgehead atoms. The summed E-state index contributed by atoms with van der Waals surface area (Å²) in [5.74, 6) is 1.63. The van der Waals surface area contributed by atoms with Crippen LogP contribution in [0.3, 0.4) is 0 Å². The Bertz CT molecular complexity index is 858. The molecule has 0 unspecified atom stereocenters. The lowest BCUT2D eigenvalue weighted by Gasteiger charge is -2.29. The number of carbonyl (C=O) groups excluding carboxylic acids is 1. The van der Waals surface area contributed by atoms with Gasteiger partial charge in [0.15, 0.2) is 23.0 Å². The molecule has 2 atom stereocenters. The molecule has 8 nitrogen and oxygen atoms in total. The zero-order chi connectivity index (χ0) is 20.8. The molecule has 1 saturated heterocycles. The number of piperidine rings is 1. The van der Waals surface area contributed by atoms with Crippen LogP contribution in [0.2, 0.25) is 0 Å². The van der Waals surface area contributed by atoms with Crippen molar-refractivity contribution in [2.24, 2.45) is 5.73 Å². The van der Waals surface area contributed by atoms with E-state index >= 15 is 0 Å². The molecule has 1 aliphatic heterocycles. The molecular weight excluding hydrogens is 374 g/mol. The summed E-state index contributed by atoms with van der Waals surface area (Å²) in [5, 5.41) is 16.1. The van der Waals surface area contributed by atoms with Crippen molar-refractivity contribution in [1.29, 1.82) is 0 Å². The third-order valence-corrected chi connectivity index (χ3v) is 4.87. The first-order valence-electron chi connectivity index (χ1n) is 9.48. The summed E-state index contributed by atoms with van der Waals surface area (Å²) in [7, 11) is 3.06. The monoisotopic (exact) mass is 401 g/mol. The molecule has 8 heteroatoms. The minimum atomic E-state index is -0.561. The summed E-state index contributed by atoms with van der Waals surface area (Å²) in [6.45, 7) is 1.67. The zero-order valence-electron chi connectivity index (χ0n) is 16.6. The molecule has 0 spiro atoms. The van der Waals surface area contributed by atoms with Gasteiger partial charge in [0.05, 0.1) is 26.4 Å². The standard InChI is InChI=1S/C21H27N3O5/c1-27-19-9-13(11-22)3-5-17(19)29-18-6-4-14(10-20(18)28-2)21(26)24-15-12-23-8-7-16(15)25/h3-6,9-10,15-16,23,25H,7-8,11-12,22H2,1-2H3,(H,24,26)/t15-,16+/m0/s1. The average Bonchev–Trinajstić information content (AvgIpc) is 2.75. The number of hydrogen-bond donors (Lipinski definition) is 4. The van der Waals surface area contributed by atoms with E-state index < -0.39 is 6.10 Å². The van der Waals surface area contributed by atoms with Crippen LogP contribution in [0.5, 0.6) is 23.0 Å². The summed E-state index contributed by atoms with van der Waals surface area (Å²) >= 11 is 0. The van der Waals surface area contributed by atoms with E-state index in [1.54, 1.807) is 31.4 Å². The van der Waals surface area contributed by atoms with Crippen LogP contribution >= 0.6 is 0 Å². The van der Waals surface area contributed by atoms with Crippen LogP contribution in [0.1, 0.15) is 22.3 Å². The molecule has 29 heavy (non-hydrogen) atoms. The molecular formula is C21H27N3O5. The second kappa shape index (κ2) is 9.60. The number of hydrogen-bond acceptors (Lipinski definition) is 7. The van der Waals surface area contributed by atoms with Gasteiger partial charge in [0.2, 0.25) is 0 Å². The molecule has 0 radical (unpaired) electrons. The number of carbonyl (C=O) groups is 1. The van der Waals surface area contributed by atoms with Crippen molar-refractivity contribution in [3.8, 4) is 23.0 Å². The van der Waals surface area contributed by atoms with Crippen LogP contribution in [0.25, 0.3) is 0 Å². The molecule has 0 saturated carbocycles. The van der Waals surface area contributed by atoms with E-state index in [4.69, 9.17) is 19.9 Å². The average molecular weight is 401 g/mol. The first kappa shape index (κ1) is 20.9. The summed E-state index contributed by atoms with van der Waals surface area (Å²) < 4.78 is 16.7. The highest BCUT2D eigenvalue weighted by molar-refractivity contribution is 5.95. The number of nitrogens with two attached hydrogens (primary N) is 1. The minimum absolute atomic E-state index is 0.285. The Balaban J connectivity index is 1.77. The van der Waals surface area contributed by atoms with Gasteiger partial charge < -0.3 is 35.7 Å². The molecule has 1 aliphatic rings. The van der Waals surface area contributed by atoms with Crippen molar-refractivity contribution in [3.05, 3.63) is 47.5 Å². The van der Waals surface area contributed by atoms with Gasteiger partial charge in [-0.15, -0.1) is 0 Å². The number of aliphatic hydroxyl groups is 1. The maximum Gasteiger partial charge on any atom is 0.251 e. The third kappa shape index (κ3) is 4.97. The Kier molecular flexibility index (Phi) is 6.92. The number of methoxy groups -OCH3 is 2. The second-order valence-corrected chi connectivity index (χ2v) is 6.80. The topological polar surface area (TPSA) is 115 Å². The lowest BCUT2D eigenvalue weighted by atomic mass is 10.0. The van der Waals surface area contributed by atoms with Gasteiger partial charge in [-0.1, -0.05) is 6.07 Å². The second-order valence-electron chi connectivity index (χ2n) is 6.80. The van der Waals surface area contributed by atoms with Gasteiger partial charge in [0, 0.05) is 18.7 Å². The Hall–Kier alpha value is -2.81. The predicted octanol–water partition coefficient (Wildman–Crippen LogP) is 1.41. The number of rotatable bonds is 7. The highest BCUT2D eigenvalue weighted by Gasteiger charge is 2.25. The van der Waals surface area contributed by atoms with Crippen LogP contribution in [-0.4, -0.2) is 50.5 Å². The number of benzene rings is 2. The molecule has 1 fully saturated rings. The summed E-state index contributed by atoms with van der Waals surface area (Å²) in [4.78, 5) is 12.6. The predicted molar refractivity (Wildman–Crippen MR) is 109 cm³/mol. The Morgan fingerprint density at radius 3 is 2.48 bits per heavy atom. The molecule has 2 aromatic rings. The van der Waals surface area contributed by atoms with Crippen LogP contribution < -0.4 is 30.6 Å². The molecule has 2 aromatic carbocycles. The molecule has 156 valence electrons. The normalized spacial score (nSPS) is 18.8. The molecule has 1 heterocycles. The van der Waals surface area contributed by atoms with Gasteiger partial charge in [0.25, 0.3) is 5.91 Å². The molecule has 5 N–H and O–H groups in total. The first-order valence-corrected chi connectivity index (χ1v) is 9.48. The molecule has 3 rings (SSSR count). The van der Waals surface area contributed by atoms with E-state index in [1.807, 2.05) is 12.1 Å². The van der Waals surface area contributed by atoms with Gasteiger partial charge in [-0.3, -0.25) is 4.79 Å². The SMILES string of the molecule is COc1cc(CN)ccc1Oc1ccc(C(=O)N[C@H]2CNCC[C@H]2O)cc1OC. The lowest BCUT2D eigenvalue weighted by molar-refractivity contribution is 0.0754. The molecule has 0 aliphatic carbocycles. The maximum absolute atomic E-state index is 12.6. The van der Waals surface area contributed by atoms with Gasteiger partial charge in [-0.25, -0.2) is 0 Å². The van der Waals surface area contributed by atoms with E-state index in [0.717, 1.165) is 12.1 Å². The zero-order valence-corrected chi connectivity index (χ0v) is 16.6. The Labute approximate surface area is 170 Å². The van der Waals surface area contributed by atoms with E-state index in [1.165, 1.54) is 7.11 Å². The summed E-state index contributed by atoms with van der Waals surface area (Å²) in [5.41, 5.74) is 7.01. The van der Waals surface area contributed by atoms with Crippen LogP contribution in [0, 0.1) is 0 Å². The van der Waals surface area contributed by atoms with Crippen molar-refractivity contribution < 1.29 is 24.1 Å². The number of amides is 1.